The molecule has 1 atom stereocenters. The number of nitrogens with one attached hydrogen (secondary N) is 1. The van der Waals surface area contributed by atoms with Crippen LogP contribution in [0, 0.1) is 5.92 Å². The lowest BCUT2D eigenvalue weighted by atomic mass is 10.1. The normalized spacial score (nSPS) is 11.7. The van der Waals surface area contributed by atoms with Crippen molar-refractivity contribution in [3.8, 4) is 0 Å². The highest BCUT2D eigenvalue weighted by atomic mass is 16.4. The lowest BCUT2D eigenvalue weighted by molar-refractivity contribution is -0.143. The Hall–Kier alpha value is -1.59. The van der Waals surface area contributed by atoms with Gasteiger partial charge in [0.05, 0.1) is 5.92 Å². The van der Waals surface area contributed by atoms with Crippen LogP contribution in [0.5, 0.6) is 0 Å². The van der Waals surface area contributed by atoms with Crippen molar-refractivity contribution in [3.05, 3.63) is 0 Å². The molecule has 18 heavy (non-hydrogen) atoms. The molecule has 0 bridgehead atoms. The third-order valence-corrected chi connectivity index (χ3v) is 2.53. The summed E-state index contributed by atoms with van der Waals surface area (Å²) in [5, 5.41) is 11.4. The van der Waals surface area contributed by atoms with Gasteiger partial charge >= 0.3 is 5.97 Å². The summed E-state index contributed by atoms with van der Waals surface area (Å²) in [6.07, 6.45) is 1.11. The van der Waals surface area contributed by atoms with Crippen molar-refractivity contribution in [1.82, 2.24) is 10.2 Å². The number of hydrogen-bond acceptors (Lipinski definition) is 3. The van der Waals surface area contributed by atoms with Gasteiger partial charge in [-0.25, -0.2) is 0 Å². The van der Waals surface area contributed by atoms with E-state index >= 15 is 0 Å². The number of aliphatic carboxylic acids is 1. The van der Waals surface area contributed by atoms with E-state index in [0.29, 0.717) is 6.54 Å². The highest BCUT2D eigenvalue weighted by Crippen LogP contribution is 2.02. The molecule has 6 nitrogen and oxygen atoms in total. The smallest absolute Gasteiger partial charge is 0.308 e. The van der Waals surface area contributed by atoms with Crippen LogP contribution < -0.4 is 5.32 Å². The Morgan fingerprint density at radius 1 is 1.28 bits per heavy atom. The number of hydrogen-bond donors (Lipinski definition) is 2. The molecular weight excluding hydrogens is 236 g/mol. The fourth-order valence-electron chi connectivity index (χ4n) is 1.35. The zero-order chi connectivity index (χ0) is 14.1. The number of carboxylic acid groups (broad SMARTS) is 1. The van der Waals surface area contributed by atoms with Crippen LogP contribution >= 0.6 is 0 Å². The zero-order valence-corrected chi connectivity index (χ0v) is 11.2. The molecule has 0 rings (SSSR count). The lowest BCUT2D eigenvalue weighted by Gasteiger charge is -2.19. The first-order valence-corrected chi connectivity index (χ1v) is 6.12. The summed E-state index contributed by atoms with van der Waals surface area (Å²) in [7, 11) is 1.55. The number of nitrogens with zero attached hydrogens (tertiary/aromatic N) is 1. The zero-order valence-electron chi connectivity index (χ0n) is 11.2. The van der Waals surface area contributed by atoms with Crippen molar-refractivity contribution in [2.75, 3.05) is 20.1 Å². The van der Waals surface area contributed by atoms with Crippen LogP contribution in [0.2, 0.25) is 0 Å². The molecule has 0 fully saturated rings. The summed E-state index contributed by atoms with van der Waals surface area (Å²) in [6, 6.07) is 0. The van der Waals surface area contributed by atoms with E-state index in [1.165, 1.54) is 4.90 Å². The van der Waals surface area contributed by atoms with Crippen molar-refractivity contribution in [2.24, 2.45) is 5.92 Å². The molecule has 0 aliphatic heterocycles. The van der Waals surface area contributed by atoms with Crippen molar-refractivity contribution < 1.29 is 19.5 Å². The molecule has 0 heterocycles. The highest BCUT2D eigenvalue weighted by Gasteiger charge is 2.17. The van der Waals surface area contributed by atoms with Crippen LogP contribution in [0.3, 0.4) is 0 Å². The maximum absolute atomic E-state index is 11.6. The van der Waals surface area contributed by atoms with Crippen molar-refractivity contribution in [2.45, 2.75) is 33.1 Å². The van der Waals surface area contributed by atoms with E-state index in [2.05, 4.69) is 5.32 Å². The minimum absolute atomic E-state index is 0.110. The van der Waals surface area contributed by atoms with Gasteiger partial charge in [0, 0.05) is 33.0 Å². The van der Waals surface area contributed by atoms with E-state index < -0.39 is 11.9 Å². The molecule has 2 N–H and O–H groups in total. The van der Waals surface area contributed by atoms with Crippen molar-refractivity contribution >= 4 is 17.8 Å². The largest absolute Gasteiger partial charge is 0.481 e. The third-order valence-electron chi connectivity index (χ3n) is 2.53. The van der Waals surface area contributed by atoms with Gasteiger partial charge < -0.3 is 15.3 Å². The second kappa shape index (κ2) is 8.49. The fourth-order valence-corrected chi connectivity index (χ4v) is 1.35. The minimum Gasteiger partial charge on any atom is -0.481 e. The molecule has 0 radical (unpaired) electrons. The molecule has 0 aromatic heterocycles. The number of carbonyl (C=O) groups is 3. The number of amides is 2. The Morgan fingerprint density at radius 2 is 1.89 bits per heavy atom. The summed E-state index contributed by atoms with van der Waals surface area (Å²) in [4.78, 5) is 34.9. The van der Waals surface area contributed by atoms with Crippen LogP contribution in [0.1, 0.15) is 33.1 Å². The van der Waals surface area contributed by atoms with E-state index in [-0.39, 0.29) is 31.2 Å². The summed E-state index contributed by atoms with van der Waals surface area (Å²) in [5.41, 5.74) is 0. The van der Waals surface area contributed by atoms with Crippen LogP contribution in [0.4, 0.5) is 0 Å². The van der Waals surface area contributed by atoms with Gasteiger partial charge in [-0.1, -0.05) is 13.8 Å². The lowest BCUT2D eigenvalue weighted by Crippen LogP contribution is -2.34. The summed E-state index contributed by atoms with van der Waals surface area (Å²) in [5.74, 6) is -1.90. The molecule has 0 aromatic rings. The quantitative estimate of drug-likeness (QED) is 0.662. The van der Waals surface area contributed by atoms with Gasteiger partial charge in [0.2, 0.25) is 11.8 Å². The van der Waals surface area contributed by atoms with Gasteiger partial charge in [0.15, 0.2) is 0 Å². The summed E-state index contributed by atoms with van der Waals surface area (Å²) >= 11 is 0. The average molecular weight is 258 g/mol. The average Bonchev–Trinajstić information content (AvgIpc) is 2.32. The molecule has 2 amide bonds. The molecule has 0 saturated carbocycles. The number of carboxylic acids is 1. The Balaban J connectivity index is 3.94. The van der Waals surface area contributed by atoms with E-state index in [9.17, 15) is 14.4 Å². The van der Waals surface area contributed by atoms with E-state index in [1.54, 1.807) is 14.0 Å². The first-order chi connectivity index (χ1) is 8.38. The third kappa shape index (κ3) is 6.88. The predicted molar refractivity (Wildman–Crippen MR) is 67.0 cm³/mol. The maximum Gasteiger partial charge on any atom is 0.308 e. The highest BCUT2D eigenvalue weighted by molar-refractivity contribution is 5.83. The van der Waals surface area contributed by atoms with Crippen LogP contribution in [-0.4, -0.2) is 47.9 Å². The number of rotatable bonds is 8. The first kappa shape index (κ1) is 16.4. The van der Waals surface area contributed by atoms with Crippen LogP contribution in [-0.2, 0) is 14.4 Å². The molecule has 0 saturated heterocycles. The van der Waals surface area contributed by atoms with Crippen LogP contribution in [0.15, 0.2) is 0 Å². The number of carbonyl (C=O) groups excluding carboxylic acids is 2. The monoisotopic (exact) mass is 258 g/mol. The van der Waals surface area contributed by atoms with Crippen molar-refractivity contribution in [1.29, 1.82) is 0 Å². The van der Waals surface area contributed by atoms with Crippen molar-refractivity contribution in [3.63, 3.8) is 0 Å². The van der Waals surface area contributed by atoms with Gasteiger partial charge in [0.25, 0.3) is 0 Å². The second-order valence-corrected chi connectivity index (χ2v) is 4.36. The second-order valence-electron chi connectivity index (χ2n) is 4.36. The van der Waals surface area contributed by atoms with Gasteiger partial charge in [-0.3, -0.25) is 14.4 Å². The van der Waals surface area contributed by atoms with E-state index in [1.807, 2.05) is 6.92 Å². The molecule has 1 unspecified atom stereocenters. The van der Waals surface area contributed by atoms with Gasteiger partial charge in [-0.05, 0) is 6.42 Å². The Morgan fingerprint density at radius 3 is 2.39 bits per heavy atom. The standard InChI is InChI=1S/C12H22N2O4/c1-4-7-13-10(15)5-6-11(16)14(3)8-9(2)12(17)18/h9H,4-8H2,1-3H3,(H,13,15)(H,17,18). The Labute approximate surface area is 107 Å². The molecule has 6 heteroatoms. The minimum atomic E-state index is -0.935. The summed E-state index contributed by atoms with van der Waals surface area (Å²) < 4.78 is 0. The fraction of sp³-hybridized carbons (Fsp3) is 0.750. The molecule has 0 spiro atoms. The maximum atomic E-state index is 11.6. The van der Waals surface area contributed by atoms with Gasteiger partial charge in [0.1, 0.15) is 0 Å². The van der Waals surface area contributed by atoms with Gasteiger partial charge in [-0.2, -0.15) is 0 Å². The molecule has 0 aliphatic carbocycles. The summed E-state index contributed by atoms with van der Waals surface area (Å²) in [6.45, 7) is 4.26. The predicted octanol–water partition coefficient (Wildman–Crippen LogP) is 0.472. The van der Waals surface area contributed by atoms with Crippen LogP contribution in [0.25, 0.3) is 0 Å². The Kier molecular flexibility index (Phi) is 7.74. The van der Waals surface area contributed by atoms with E-state index in [0.717, 1.165) is 6.42 Å². The Bertz CT molecular complexity index is 304. The molecule has 0 aromatic carbocycles. The van der Waals surface area contributed by atoms with Gasteiger partial charge in [-0.15, -0.1) is 0 Å². The van der Waals surface area contributed by atoms with E-state index in [4.69, 9.17) is 5.11 Å². The molecule has 0 aliphatic rings. The molecular formula is C12H22N2O4. The SMILES string of the molecule is CCCNC(=O)CCC(=O)N(C)CC(C)C(=O)O. The molecule has 104 valence electrons. The topological polar surface area (TPSA) is 86.7 Å². The first-order valence-electron chi connectivity index (χ1n) is 6.12.